The minimum Gasteiger partial charge on any atom is -0.448 e. The predicted octanol–water partition coefficient (Wildman–Crippen LogP) is 3.33. The first kappa shape index (κ1) is 18.7. The molecule has 2 aromatic rings. The molecular formula is C15H11ClF3N3O3. The Labute approximate surface area is 145 Å². The summed E-state index contributed by atoms with van der Waals surface area (Å²) in [7, 11) is 0. The number of aromatic nitrogens is 2. The average Bonchev–Trinajstić information content (AvgIpc) is 2.56. The van der Waals surface area contributed by atoms with Crippen LogP contribution in [0, 0.1) is 0 Å². The molecule has 10 heteroatoms. The molecule has 0 unspecified atom stereocenters. The summed E-state index contributed by atoms with van der Waals surface area (Å²) in [5.74, 6) is -1.75. The van der Waals surface area contributed by atoms with Gasteiger partial charge in [0.1, 0.15) is 0 Å². The molecule has 0 aliphatic rings. The van der Waals surface area contributed by atoms with Crippen LogP contribution in [-0.2, 0) is 15.7 Å². The van der Waals surface area contributed by atoms with E-state index in [4.69, 9.17) is 16.3 Å². The van der Waals surface area contributed by atoms with Gasteiger partial charge in [-0.3, -0.25) is 9.78 Å². The van der Waals surface area contributed by atoms with Gasteiger partial charge >= 0.3 is 12.1 Å². The molecule has 132 valence electrons. The number of carbonyl (C=O) groups excluding carboxylic acids is 2. The molecule has 0 fully saturated rings. The van der Waals surface area contributed by atoms with Crippen molar-refractivity contribution in [1.29, 1.82) is 0 Å². The molecule has 0 saturated heterocycles. The molecule has 0 spiro atoms. The second-order valence-corrected chi connectivity index (χ2v) is 5.23. The zero-order valence-corrected chi connectivity index (χ0v) is 13.4. The highest BCUT2D eigenvalue weighted by Gasteiger charge is 2.31. The lowest BCUT2D eigenvalue weighted by Crippen LogP contribution is -2.30. The molecule has 0 bridgehead atoms. The third-order valence-electron chi connectivity index (χ3n) is 2.98. The van der Waals surface area contributed by atoms with E-state index in [0.717, 1.165) is 18.3 Å². The van der Waals surface area contributed by atoms with Gasteiger partial charge in [0.05, 0.1) is 22.5 Å². The second-order valence-electron chi connectivity index (χ2n) is 4.82. The van der Waals surface area contributed by atoms with Gasteiger partial charge in [0.2, 0.25) is 0 Å². The highest BCUT2D eigenvalue weighted by atomic mass is 35.5. The van der Waals surface area contributed by atoms with Crippen molar-refractivity contribution in [2.75, 3.05) is 5.32 Å². The van der Waals surface area contributed by atoms with Crippen LogP contribution in [-0.4, -0.2) is 27.9 Å². The lowest BCUT2D eigenvalue weighted by Gasteiger charge is -2.15. The Kier molecular flexibility index (Phi) is 5.58. The number of carbonyl (C=O) groups is 2. The molecule has 6 nitrogen and oxygen atoms in total. The Morgan fingerprint density at radius 1 is 1.28 bits per heavy atom. The number of nitrogens with zero attached hydrogens (tertiary/aromatic N) is 2. The van der Waals surface area contributed by atoms with Crippen LogP contribution in [0.1, 0.15) is 23.0 Å². The predicted molar refractivity (Wildman–Crippen MR) is 82.0 cm³/mol. The van der Waals surface area contributed by atoms with E-state index in [-0.39, 0.29) is 16.4 Å². The molecule has 0 saturated carbocycles. The minimum absolute atomic E-state index is 0.0891. The topological polar surface area (TPSA) is 81.2 Å². The molecule has 1 N–H and O–H groups in total. The number of rotatable bonds is 4. The van der Waals surface area contributed by atoms with Gasteiger partial charge in [-0.1, -0.05) is 11.6 Å². The summed E-state index contributed by atoms with van der Waals surface area (Å²) in [5, 5.41) is 2.11. The molecule has 0 radical (unpaired) electrons. The third-order valence-corrected chi connectivity index (χ3v) is 3.31. The van der Waals surface area contributed by atoms with Crippen LogP contribution in [0.25, 0.3) is 0 Å². The van der Waals surface area contributed by atoms with Crippen molar-refractivity contribution in [3.8, 4) is 0 Å². The molecule has 1 aromatic heterocycles. The zero-order chi connectivity index (χ0) is 18.6. The lowest BCUT2D eigenvalue weighted by molar-refractivity contribution is -0.137. The number of esters is 1. The lowest BCUT2D eigenvalue weighted by atomic mass is 10.2. The Hall–Kier alpha value is -2.68. The monoisotopic (exact) mass is 373 g/mol. The van der Waals surface area contributed by atoms with E-state index >= 15 is 0 Å². The Bertz CT molecular complexity index is 785. The van der Waals surface area contributed by atoms with Crippen molar-refractivity contribution >= 4 is 29.2 Å². The molecule has 1 heterocycles. The van der Waals surface area contributed by atoms with Gasteiger partial charge in [-0.25, -0.2) is 9.78 Å². The highest BCUT2D eigenvalue weighted by Crippen LogP contribution is 2.33. The molecule has 1 atom stereocenters. The van der Waals surface area contributed by atoms with Crippen molar-refractivity contribution in [1.82, 2.24) is 9.97 Å². The number of halogens is 4. The Balaban J connectivity index is 2.07. The average molecular weight is 374 g/mol. The number of amides is 1. The first-order valence-electron chi connectivity index (χ1n) is 6.83. The van der Waals surface area contributed by atoms with Gasteiger partial charge in [-0.2, -0.15) is 13.2 Å². The van der Waals surface area contributed by atoms with Crippen LogP contribution >= 0.6 is 11.6 Å². The maximum atomic E-state index is 12.7. The van der Waals surface area contributed by atoms with Gasteiger partial charge in [0.25, 0.3) is 5.91 Å². The fourth-order valence-electron chi connectivity index (χ4n) is 1.71. The third kappa shape index (κ3) is 4.90. The molecule has 1 aromatic carbocycles. The van der Waals surface area contributed by atoms with Gasteiger partial charge < -0.3 is 10.1 Å². The summed E-state index contributed by atoms with van der Waals surface area (Å²) in [4.78, 5) is 31.2. The summed E-state index contributed by atoms with van der Waals surface area (Å²) < 4.78 is 43.0. The Morgan fingerprint density at radius 3 is 2.60 bits per heavy atom. The highest BCUT2D eigenvalue weighted by molar-refractivity contribution is 6.33. The summed E-state index contributed by atoms with van der Waals surface area (Å²) in [6, 6.07) is 2.49. The molecule has 1 amide bonds. The van der Waals surface area contributed by atoms with Crippen molar-refractivity contribution in [2.45, 2.75) is 19.2 Å². The van der Waals surface area contributed by atoms with E-state index in [9.17, 15) is 22.8 Å². The normalized spacial score (nSPS) is 12.4. The number of anilines is 1. The maximum absolute atomic E-state index is 12.7. The summed E-state index contributed by atoms with van der Waals surface area (Å²) >= 11 is 5.79. The molecule has 0 aliphatic heterocycles. The van der Waals surface area contributed by atoms with E-state index in [2.05, 4.69) is 15.3 Å². The zero-order valence-electron chi connectivity index (χ0n) is 12.7. The standard InChI is InChI=1S/C15H11ClF3N3O3/c1-8(25-14(24)12-7-20-4-5-21-12)13(23)22-11-6-9(15(17,18)19)2-3-10(11)16/h2-8H,1H3,(H,22,23)/t8-/m1/s1. The number of benzene rings is 1. The number of alkyl halides is 3. The minimum atomic E-state index is -4.59. The quantitative estimate of drug-likeness (QED) is 0.831. The van der Waals surface area contributed by atoms with E-state index in [1.54, 1.807) is 0 Å². The van der Waals surface area contributed by atoms with Crippen molar-refractivity contribution in [3.05, 3.63) is 53.1 Å². The van der Waals surface area contributed by atoms with Gasteiger partial charge in [-0.15, -0.1) is 0 Å². The fourth-order valence-corrected chi connectivity index (χ4v) is 1.88. The summed E-state index contributed by atoms with van der Waals surface area (Å²) in [6.45, 7) is 1.26. The van der Waals surface area contributed by atoms with E-state index in [1.165, 1.54) is 19.3 Å². The summed E-state index contributed by atoms with van der Waals surface area (Å²) in [5.41, 5.74) is -1.33. The maximum Gasteiger partial charge on any atom is 0.416 e. The smallest absolute Gasteiger partial charge is 0.416 e. The van der Waals surface area contributed by atoms with Gasteiger partial charge in [0.15, 0.2) is 11.8 Å². The Morgan fingerprint density at radius 2 is 2.00 bits per heavy atom. The van der Waals surface area contributed by atoms with E-state index in [0.29, 0.717) is 6.07 Å². The first-order valence-corrected chi connectivity index (χ1v) is 7.21. The number of hydrogen-bond donors (Lipinski definition) is 1. The second kappa shape index (κ2) is 7.47. The van der Waals surface area contributed by atoms with E-state index in [1.807, 2.05) is 0 Å². The van der Waals surface area contributed by atoms with E-state index < -0.39 is 29.7 Å². The first-order chi connectivity index (χ1) is 11.7. The van der Waals surface area contributed by atoms with Crippen LogP contribution < -0.4 is 5.32 Å². The van der Waals surface area contributed by atoms with Crippen LogP contribution in [0.15, 0.2) is 36.8 Å². The van der Waals surface area contributed by atoms with Gasteiger partial charge in [-0.05, 0) is 25.1 Å². The summed E-state index contributed by atoms with van der Waals surface area (Å²) in [6.07, 6.45) is -2.11. The van der Waals surface area contributed by atoms with Crippen LogP contribution in [0.2, 0.25) is 5.02 Å². The SMILES string of the molecule is C[C@@H](OC(=O)c1cnccn1)C(=O)Nc1cc(C(F)(F)F)ccc1Cl. The number of ether oxygens (including phenoxy) is 1. The molecule has 0 aliphatic carbocycles. The number of hydrogen-bond acceptors (Lipinski definition) is 5. The largest absolute Gasteiger partial charge is 0.448 e. The van der Waals surface area contributed by atoms with Gasteiger partial charge in [0, 0.05) is 12.4 Å². The fraction of sp³-hybridized carbons (Fsp3) is 0.200. The van der Waals surface area contributed by atoms with Crippen LogP contribution in [0.4, 0.5) is 18.9 Å². The van der Waals surface area contributed by atoms with Crippen molar-refractivity contribution in [3.63, 3.8) is 0 Å². The molecular weight excluding hydrogens is 363 g/mol. The van der Waals surface area contributed by atoms with Crippen LogP contribution in [0.5, 0.6) is 0 Å². The molecule has 2 rings (SSSR count). The van der Waals surface area contributed by atoms with Crippen molar-refractivity contribution in [2.24, 2.45) is 0 Å². The van der Waals surface area contributed by atoms with Crippen LogP contribution in [0.3, 0.4) is 0 Å². The number of nitrogens with one attached hydrogen (secondary N) is 1. The van der Waals surface area contributed by atoms with Crippen molar-refractivity contribution < 1.29 is 27.5 Å². The molecule has 25 heavy (non-hydrogen) atoms.